The van der Waals surface area contributed by atoms with E-state index in [1.165, 1.54) is 5.56 Å². The van der Waals surface area contributed by atoms with E-state index in [1.54, 1.807) is 14.2 Å². The van der Waals surface area contributed by atoms with Crippen LogP contribution in [0.5, 0.6) is 0 Å². The third kappa shape index (κ3) is 3.04. The van der Waals surface area contributed by atoms with Crippen LogP contribution in [0.2, 0.25) is 0 Å². The summed E-state index contributed by atoms with van der Waals surface area (Å²) in [5, 5.41) is 10.5. The Bertz CT molecular complexity index is 302. The maximum Gasteiger partial charge on any atom is 0.171 e. The number of methoxy groups -OCH3 is 2. The summed E-state index contributed by atoms with van der Waals surface area (Å²) in [6, 6.07) is 0.128. The number of rotatable bonds is 6. The fourth-order valence-electron chi connectivity index (χ4n) is 1.70. The van der Waals surface area contributed by atoms with Crippen molar-refractivity contribution in [1.82, 2.24) is 15.5 Å². The van der Waals surface area contributed by atoms with Gasteiger partial charge < -0.3 is 14.8 Å². The lowest BCUT2D eigenvalue weighted by Crippen LogP contribution is -2.39. The number of nitrogens with zero attached hydrogens (tertiary/aromatic N) is 1. The molecule has 0 saturated heterocycles. The summed E-state index contributed by atoms with van der Waals surface area (Å²) in [5.41, 5.74) is 3.34. The highest BCUT2D eigenvalue weighted by molar-refractivity contribution is 5.22. The van der Waals surface area contributed by atoms with Crippen LogP contribution in [0.3, 0.4) is 0 Å². The second kappa shape index (κ2) is 5.98. The smallest absolute Gasteiger partial charge is 0.171 e. The summed E-state index contributed by atoms with van der Waals surface area (Å²) in [6.45, 7) is 6.81. The van der Waals surface area contributed by atoms with E-state index in [2.05, 4.69) is 15.5 Å². The van der Waals surface area contributed by atoms with Crippen molar-refractivity contribution in [2.45, 2.75) is 39.6 Å². The molecule has 0 aliphatic rings. The van der Waals surface area contributed by atoms with Gasteiger partial charge in [-0.05, 0) is 20.8 Å². The van der Waals surface area contributed by atoms with E-state index in [1.807, 2.05) is 20.8 Å². The van der Waals surface area contributed by atoms with E-state index in [0.717, 1.165) is 17.9 Å². The van der Waals surface area contributed by atoms with Crippen molar-refractivity contribution >= 4 is 0 Å². The molecule has 1 aromatic rings. The highest BCUT2D eigenvalue weighted by atomic mass is 16.7. The Balaban J connectivity index is 2.51. The van der Waals surface area contributed by atoms with Crippen molar-refractivity contribution in [1.29, 1.82) is 0 Å². The van der Waals surface area contributed by atoms with E-state index < -0.39 is 0 Å². The predicted molar refractivity (Wildman–Crippen MR) is 62.2 cm³/mol. The van der Waals surface area contributed by atoms with Crippen molar-refractivity contribution in [2.24, 2.45) is 0 Å². The third-order valence-corrected chi connectivity index (χ3v) is 2.75. The Morgan fingerprint density at radius 1 is 1.31 bits per heavy atom. The van der Waals surface area contributed by atoms with Crippen molar-refractivity contribution in [3.8, 4) is 0 Å². The zero-order valence-electron chi connectivity index (χ0n) is 10.6. The van der Waals surface area contributed by atoms with Crippen LogP contribution in [-0.2, 0) is 16.0 Å². The van der Waals surface area contributed by atoms with Crippen molar-refractivity contribution < 1.29 is 9.47 Å². The minimum absolute atomic E-state index is 0.128. The van der Waals surface area contributed by atoms with E-state index in [9.17, 15) is 0 Å². The lowest BCUT2D eigenvalue weighted by Gasteiger charge is -2.22. The molecule has 0 aromatic carbocycles. The summed E-state index contributed by atoms with van der Waals surface area (Å²) < 4.78 is 10.4. The summed E-state index contributed by atoms with van der Waals surface area (Å²) in [6.07, 6.45) is -0.229. The second-order valence-electron chi connectivity index (χ2n) is 3.92. The molecular weight excluding hydrogens is 206 g/mol. The number of hydrogen-bond acceptors (Lipinski definition) is 4. The quantitative estimate of drug-likeness (QED) is 0.715. The van der Waals surface area contributed by atoms with Gasteiger partial charge in [0.2, 0.25) is 0 Å². The van der Waals surface area contributed by atoms with Crippen molar-refractivity contribution in [3.05, 3.63) is 17.0 Å². The Hall–Kier alpha value is -0.910. The van der Waals surface area contributed by atoms with Gasteiger partial charge in [-0.15, -0.1) is 0 Å². The largest absolute Gasteiger partial charge is 0.354 e. The normalized spacial score (nSPS) is 13.4. The fourth-order valence-corrected chi connectivity index (χ4v) is 1.70. The molecule has 0 aliphatic heterocycles. The molecular formula is C11H21N3O2. The highest BCUT2D eigenvalue weighted by Gasteiger charge is 2.16. The number of H-pyrrole nitrogens is 1. The van der Waals surface area contributed by atoms with Crippen LogP contribution in [0.25, 0.3) is 0 Å². The molecule has 5 heteroatoms. The summed E-state index contributed by atoms with van der Waals surface area (Å²) >= 11 is 0. The van der Waals surface area contributed by atoms with Crippen LogP contribution in [0.15, 0.2) is 0 Å². The molecule has 16 heavy (non-hydrogen) atoms. The van der Waals surface area contributed by atoms with Crippen LogP contribution >= 0.6 is 0 Å². The molecule has 0 saturated carbocycles. The highest BCUT2D eigenvalue weighted by Crippen LogP contribution is 2.09. The lowest BCUT2D eigenvalue weighted by atomic mass is 10.2. The first-order valence-electron chi connectivity index (χ1n) is 5.39. The van der Waals surface area contributed by atoms with Crippen LogP contribution in [0, 0.1) is 13.8 Å². The van der Waals surface area contributed by atoms with E-state index in [-0.39, 0.29) is 12.3 Å². The van der Waals surface area contributed by atoms with Gasteiger partial charge in [-0.25, -0.2) is 0 Å². The molecule has 0 amide bonds. The first kappa shape index (κ1) is 13.2. The van der Waals surface area contributed by atoms with Crippen molar-refractivity contribution in [2.75, 3.05) is 14.2 Å². The molecule has 92 valence electrons. The number of hydrogen-bond donors (Lipinski definition) is 2. The summed E-state index contributed by atoms with van der Waals surface area (Å²) in [5.74, 6) is 0. The minimum atomic E-state index is -0.229. The molecule has 1 aromatic heterocycles. The monoisotopic (exact) mass is 227 g/mol. The summed E-state index contributed by atoms with van der Waals surface area (Å²) in [7, 11) is 3.28. The average molecular weight is 227 g/mol. The maximum absolute atomic E-state index is 5.18. The van der Waals surface area contributed by atoms with Gasteiger partial charge >= 0.3 is 0 Å². The number of aryl methyl sites for hydroxylation is 2. The average Bonchev–Trinajstić information content (AvgIpc) is 2.58. The Morgan fingerprint density at radius 2 is 1.94 bits per heavy atom. The molecule has 1 atom stereocenters. The van der Waals surface area contributed by atoms with Crippen LogP contribution < -0.4 is 5.32 Å². The second-order valence-corrected chi connectivity index (χ2v) is 3.92. The molecule has 0 radical (unpaired) electrons. The number of nitrogens with one attached hydrogen (secondary N) is 2. The Labute approximate surface area is 96.5 Å². The van der Waals surface area contributed by atoms with Gasteiger partial charge in [-0.1, -0.05) is 0 Å². The Kier molecular flexibility index (Phi) is 4.92. The van der Waals surface area contributed by atoms with Crippen LogP contribution in [0.4, 0.5) is 0 Å². The van der Waals surface area contributed by atoms with E-state index in [0.29, 0.717) is 0 Å². The zero-order valence-corrected chi connectivity index (χ0v) is 10.6. The number of aromatic nitrogens is 2. The van der Waals surface area contributed by atoms with Crippen LogP contribution in [0.1, 0.15) is 23.9 Å². The maximum atomic E-state index is 5.18. The lowest BCUT2D eigenvalue weighted by molar-refractivity contribution is -0.119. The van der Waals surface area contributed by atoms with Gasteiger partial charge in [-0.3, -0.25) is 5.10 Å². The number of ether oxygens (including phenoxy) is 2. The van der Waals surface area contributed by atoms with Gasteiger partial charge in [-0.2, -0.15) is 5.10 Å². The SMILES string of the molecule is COC(OC)C(C)NCc1c(C)n[nH]c1C. The van der Waals surface area contributed by atoms with Gasteiger partial charge in [0.25, 0.3) is 0 Å². The first-order valence-corrected chi connectivity index (χ1v) is 5.39. The van der Waals surface area contributed by atoms with Gasteiger partial charge in [0.05, 0.1) is 11.7 Å². The standard InChI is InChI=1S/C11H21N3O2/c1-7-10(8(2)14-13-7)6-12-9(3)11(15-4)16-5/h9,11-12H,6H2,1-5H3,(H,13,14). The van der Waals surface area contributed by atoms with E-state index >= 15 is 0 Å². The minimum Gasteiger partial charge on any atom is -0.354 e. The molecule has 0 bridgehead atoms. The zero-order chi connectivity index (χ0) is 12.1. The number of aromatic amines is 1. The van der Waals surface area contributed by atoms with Gasteiger partial charge in [0, 0.05) is 32.0 Å². The molecule has 0 fully saturated rings. The molecule has 0 spiro atoms. The molecule has 1 heterocycles. The first-order chi connectivity index (χ1) is 7.60. The molecule has 1 rings (SSSR count). The summed E-state index contributed by atoms with van der Waals surface area (Å²) in [4.78, 5) is 0. The molecule has 2 N–H and O–H groups in total. The molecule has 1 unspecified atom stereocenters. The van der Waals surface area contributed by atoms with Gasteiger partial charge in [0.1, 0.15) is 0 Å². The van der Waals surface area contributed by atoms with Gasteiger partial charge in [0.15, 0.2) is 6.29 Å². The topological polar surface area (TPSA) is 59.2 Å². The fraction of sp³-hybridized carbons (Fsp3) is 0.727. The molecule has 5 nitrogen and oxygen atoms in total. The van der Waals surface area contributed by atoms with E-state index in [4.69, 9.17) is 9.47 Å². The Morgan fingerprint density at radius 3 is 2.38 bits per heavy atom. The molecule has 0 aliphatic carbocycles. The van der Waals surface area contributed by atoms with Crippen molar-refractivity contribution in [3.63, 3.8) is 0 Å². The third-order valence-electron chi connectivity index (χ3n) is 2.75. The van der Waals surface area contributed by atoms with Crippen LogP contribution in [-0.4, -0.2) is 36.7 Å². The predicted octanol–water partition coefficient (Wildman–Crippen LogP) is 1.12.